The van der Waals surface area contributed by atoms with Crippen molar-refractivity contribution in [3.05, 3.63) is 90.8 Å². The van der Waals surface area contributed by atoms with E-state index in [1.807, 2.05) is 55.5 Å². The maximum Gasteiger partial charge on any atom is 0.338 e. The molecule has 10 heteroatoms. The first-order valence-electron chi connectivity index (χ1n) is 14.7. The number of methoxy groups -OCH3 is 1. The molecule has 2 aliphatic heterocycles. The Morgan fingerprint density at radius 3 is 2.63 bits per heavy atom. The van der Waals surface area contributed by atoms with Crippen molar-refractivity contribution >= 4 is 40.0 Å². The van der Waals surface area contributed by atoms with Gasteiger partial charge in [0.15, 0.2) is 10.7 Å². The summed E-state index contributed by atoms with van der Waals surface area (Å²) in [5.41, 5.74) is 1.48. The number of carbonyl (C=O) groups is 1. The van der Waals surface area contributed by atoms with Gasteiger partial charge in [0, 0.05) is 43.9 Å². The van der Waals surface area contributed by atoms with Crippen LogP contribution in [-0.2, 0) is 9.53 Å². The molecule has 2 aromatic heterocycles. The fourth-order valence-corrected chi connectivity index (χ4v) is 6.88. The third-order valence-electron chi connectivity index (χ3n) is 8.02. The van der Waals surface area contributed by atoms with Gasteiger partial charge in [-0.25, -0.2) is 9.79 Å². The number of benzene rings is 2. The predicted octanol–water partition coefficient (Wildman–Crippen LogP) is 4.09. The van der Waals surface area contributed by atoms with Crippen molar-refractivity contribution in [2.24, 2.45) is 4.99 Å². The molecule has 0 saturated carbocycles. The molecule has 0 unspecified atom stereocenters. The molecular formula is C33H36N4O5S. The molecule has 43 heavy (non-hydrogen) atoms. The number of rotatable bonds is 8. The summed E-state index contributed by atoms with van der Waals surface area (Å²) in [4.78, 5) is 37.9. The van der Waals surface area contributed by atoms with Gasteiger partial charge in [-0.1, -0.05) is 55.0 Å². The van der Waals surface area contributed by atoms with Gasteiger partial charge in [0.05, 0.1) is 29.5 Å². The molecule has 4 heterocycles. The second kappa shape index (κ2) is 12.2. The molecule has 224 valence electrons. The molecule has 2 aromatic carbocycles. The maximum absolute atomic E-state index is 14.3. The zero-order valence-corrected chi connectivity index (χ0v) is 25.8. The Morgan fingerprint density at radius 2 is 1.88 bits per heavy atom. The van der Waals surface area contributed by atoms with Crippen molar-refractivity contribution in [3.8, 4) is 5.75 Å². The summed E-state index contributed by atoms with van der Waals surface area (Å²) in [6, 6.07) is 14.9. The average molecular weight is 601 g/mol. The lowest BCUT2D eigenvalue weighted by atomic mass is 9.90. The van der Waals surface area contributed by atoms with Crippen LogP contribution in [0.2, 0.25) is 0 Å². The van der Waals surface area contributed by atoms with Crippen LogP contribution >= 0.6 is 11.3 Å². The van der Waals surface area contributed by atoms with Gasteiger partial charge < -0.3 is 23.7 Å². The van der Waals surface area contributed by atoms with Crippen molar-refractivity contribution in [2.45, 2.75) is 32.7 Å². The van der Waals surface area contributed by atoms with Crippen molar-refractivity contribution in [3.63, 3.8) is 0 Å². The van der Waals surface area contributed by atoms with E-state index in [1.165, 1.54) is 11.3 Å². The fourth-order valence-electron chi connectivity index (χ4n) is 5.88. The highest BCUT2D eigenvalue weighted by Gasteiger charge is 2.37. The number of anilines is 1. The number of thiazole rings is 1. The molecular weight excluding hydrogens is 564 g/mol. The number of ether oxygens (including phenoxy) is 2. The van der Waals surface area contributed by atoms with E-state index < -0.39 is 12.0 Å². The largest absolute Gasteiger partial charge is 0.496 e. The molecule has 9 nitrogen and oxygen atoms in total. The molecule has 2 aliphatic rings. The van der Waals surface area contributed by atoms with E-state index in [0.29, 0.717) is 38.5 Å². The Bertz CT molecular complexity index is 1880. The molecule has 0 aliphatic carbocycles. The van der Waals surface area contributed by atoms with Crippen LogP contribution in [0, 0.1) is 0 Å². The Morgan fingerprint density at radius 1 is 1.09 bits per heavy atom. The van der Waals surface area contributed by atoms with Crippen molar-refractivity contribution in [2.75, 3.05) is 51.8 Å². The summed E-state index contributed by atoms with van der Waals surface area (Å²) in [5, 5.41) is 1.87. The van der Waals surface area contributed by atoms with Gasteiger partial charge in [-0.05, 0) is 43.3 Å². The minimum absolute atomic E-state index is 0.208. The topological polar surface area (TPSA) is 89.5 Å². The average Bonchev–Trinajstić information content (AvgIpc) is 3.60. The number of hydrogen-bond acceptors (Lipinski definition) is 9. The van der Waals surface area contributed by atoms with Crippen LogP contribution in [0.15, 0.2) is 74.0 Å². The number of esters is 1. The first-order chi connectivity index (χ1) is 20.9. The molecule has 0 bridgehead atoms. The summed E-state index contributed by atoms with van der Waals surface area (Å²) in [7, 11) is 3.72. The molecule has 0 radical (unpaired) electrons. The number of fused-ring (bicyclic) bond motifs is 2. The van der Waals surface area contributed by atoms with Gasteiger partial charge in [-0.2, -0.15) is 0 Å². The smallest absolute Gasteiger partial charge is 0.338 e. The second-order valence-electron chi connectivity index (χ2n) is 10.8. The maximum atomic E-state index is 14.3. The minimum atomic E-state index is -0.780. The van der Waals surface area contributed by atoms with Gasteiger partial charge in [-0.3, -0.25) is 9.36 Å². The molecule has 0 spiro atoms. The number of carbonyl (C=O) groups excluding carboxylic acids is 1. The Kier molecular flexibility index (Phi) is 8.23. The molecule has 0 N–H and O–H groups in total. The predicted molar refractivity (Wildman–Crippen MR) is 169 cm³/mol. The third-order valence-corrected chi connectivity index (χ3v) is 9.00. The first kappa shape index (κ1) is 28.9. The van der Waals surface area contributed by atoms with Crippen molar-refractivity contribution in [1.82, 2.24) is 9.47 Å². The van der Waals surface area contributed by atoms with Crippen LogP contribution in [0.25, 0.3) is 16.8 Å². The minimum Gasteiger partial charge on any atom is -0.496 e. The van der Waals surface area contributed by atoms with E-state index >= 15 is 0 Å². The SMILES string of the molecule is CCCC1=C(C(=O)OCC)[C@H](c2c(OC)ccc3ccccc23)n2c(s/c(=C\c3ccc(N4CCN(C)CC4)o3)c2=O)=N1. The monoisotopic (exact) mass is 600 g/mol. The van der Waals surface area contributed by atoms with E-state index in [2.05, 4.69) is 16.8 Å². The van der Waals surface area contributed by atoms with E-state index in [-0.39, 0.29) is 12.2 Å². The number of likely N-dealkylation sites (N-methyl/N-ethyl adjacent to an activating group) is 1. The summed E-state index contributed by atoms with van der Waals surface area (Å²) < 4.78 is 19.7. The quantitative estimate of drug-likeness (QED) is 0.282. The Labute approximate surface area is 254 Å². The highest BCUT2D eigenvalue weighted by molar-refractivity contribution is 7.07. The fraction of sp³-hybridized carbons (Fsp3) is 0.364. The number of hydrogen-bond donors (Lipinski definition) is 0. The number of piperazine rings is 1. The molecule has 4 aromatic rings. The third kappa shape index (κ3) is 5.41. The van der Waals surface area contributed by atoms with E-state index in [1.54, 1.807) is 24.7 Å². The summed E-state index contributed by atoms with van der Waals surface area (Å²) in [6.45, 7) is 7.73. The Balaban J connectivity index is 1.55. The van der Waals surface area contributed by atoms with Crippen LogP contribution in [0.5, 0.6) is 5.75 Å². The van der Waals surface area contributed by atoms with Gasteiger partial charge >= 0.3 is 5.97 Å². The summed E-state index contributed by atoms with van der Waals surface area (Å²) in [5.74, 6) is 1.49. The number of furan rings is 1. The molecule has 1 atom stereocenters. The molecule has 1 saturated heterocycles. The highest BCUT2D eigenvalue weighted by atomic mass is 32.1. The van der Waals surface area contributed by atoms with E-state index in [4.69, 9.17) is 18.9 Å². The second-order valence-corrected chi connectivity index (χ2v) is 11.8. The summed E-state index contributed by atoms with van der Waals surface area (Å²) >= 11 is 1.30. The Hall–Kier alpha value is -4.15. The van der Waals surface area contributed by atoms with Gasteiger partial charge in [0.1, 0.15) is 17.6 Å². The van der Waals surface area contributed by atoms with Gasteiger partial charge in [0.2, 0.25) is 0 Å². The molecule has 6 rings (SSSR count). The van der Waals surface area contributed by atoms with Crippen LogP contribution in [-0.4, -0.2) is 62.4 Å². The number of allylic oxidation sites excluding steroid dienone is 1. The highest BCUT2D eigenvalue weighted by Crippen LogP contribution is 2.41. The lowest BCUT2D eigenvalue weighted by Gasteiger charge is -2.32. The van der Waals surface area contributed by atoms with Crippen LogP contribution in [0.4, 0.5) is 5.88 Å². The molecule has 0 amide bonds. The van der Waals surface area contributed by atoms with Crippen molar-refractivity contribution < 1.29 is 18.7 Å². The van der Waals surface area contributed by atoms with E-state index in [9.17, 15) is 9.59 Å². The van der Waals surface area contributed by atoms with Crippen LogP contribution < -0.4 is 24.5 Å². The van der Waals surface area contributed by atoms with Crippen LogP contribution in [0.1, 0.15) is 44.1 Å². The zero-order chi connectivity index (χ0) is 30.1. The van der Waals surface area contributed by atoms with Gasteiger partial charge in [0.25, 0.3) is 5.56 Å². The van der Waals surface area contributed by atoms with Crippen molar-refractivity contribution in [1.29, 1.82) is 0 Å². The zero-order valence-electron chi connectivity index (χ0n) is 25.0. The standard InChI is InChI=1S/C33H36N4O5S/c1-5-9-24-29(32(39)41-6-2)30(28-23-11-8-7-10-21(23)12-14-25(28)40-4)37-31(38)26(43-33(37)34-24)20-22-13-15-27(42-22)36-18-16-35(3)17-19-36/h7-8,10-15,20,30H,5-6,9,16-19H2,1-4H3/b26-20-/t30-/m0/s1. The normalized spacial score (nSPS) is 17.7. The summed E-state index contributed by atoms with van der Waals surface area (Å²) in [6.07, 6.45) is 3.11. The van der Waals surface area contributed by atoms with Crippen LogP contribution in [0.3, 0.4) is 0 Å². The van der Waals surface area contributed by atoms with Gasteiger partial charge in [-0.15, -0.1) is 0 Å². The first-order valence-corrected chi connectivity index (χ1v) is 15.6. The molecule has 1 fully saturated rings. The number of nitrogens with zero attached hydrogens (tertiary/aromatic N) is 4. The lowest BCUT2D eigenvalue weighted by Crippen LogP contribution is -2.44. The number of aromatic nitrogens is 1. The lowest BCUT2D eigenvalue weighted by molar-refractivity contribution is -0.139. The van der Waals surface area contributed by atoms with E-state index in [0.717, 1.165) is 54.8 Å².